The van der Waals surface area contributed by atoms with Gasteiger partial charge < -0.3 is 5.11 Å². The van der Waals surface area contributed by atoms with E-state index in [0.717, 1.165) is 25.3 Å². The van der Waals surface area contributed by atoms with Crippen LogP contribution in [0.25, 0.3) is 0 Å². The van der Waals surface area contributed by atoms with Gasteiger partial charge in [0, 0.05) is 18.0 Å². The molecule has 4 unspecified atom stereocenters. The number of rotatable bonds is 9. The highest BCUT2D eigenvalue weighted by Gasteiger charge is 2.46. The van der Waals surface area contributed by atoms with Gasteiger partial charge in [-0.2, -0.15) is 0 Å². The van der Waals surface area contributed by atoms with E-state index in [1.54, 1.807) is 0 Å². The fraction of sp³-hybridized carbons (Fsp3) is 0.550. The smallest absolute Gasteiger partial charge is 0.303 e. The second-order valence-electron chi connectivity index (χ2n) is 7.72. The molecule has 2 aliphatic carbocycles. The Balaban J connectivity index is 1.63. The molecule has 0 amide bonds. The third-order valence-electron chi connectivity index (χ3n) is 5.97. The fourth-order valence-electron chi connectivity index (χ4n) is 4.66. The van der Waals surface area contributed by atoms with E-state index in [2.05, 4.69) is 10.8 Å². The molecule has 5 nitrogen and oxygen atoms in total. The van der Waals surface area contributed by atoms with Gasteiger partial charge in [0.2, 0.25) is 10.0 Å². The van der Waals surface area contributed by atoms with Crippen molar-refractivity contribution < 1.29 is 22.7 Å². The van der Waals surface area contributed by atoms with Crippen LogP contribution in [0.1, 0.15) is 38.5 Å². The van der Waals surface area contributed by atoms with Crippen LogP contribution in [-0.2, 0) is 14.8 Å². The van der Waals surface area contributed by atoms with Gasteiger partial charge >= 0.3 is 5.97 Å². The molecule has 3 rings (SSSR count). The van der Waals surface area contributed by atoms with Crippen LogP contribution < -0.4 is 4.72 Å². The summed E-state index contributed by atoms with van der Waals surface area (Å²) in [5.41, 5.74) is 0. The minimum absolute atomic E-state index is 0.150. The van der Waals surface area contributed by atoms with E-state index < -0.39 is 21.8 Å². The third-order valence-corrected chi connectivity index (χ3v) is 7.66. The van der Waals surface area contributed by atoms with Crippen LogP contribution in [0, 0.1) is 29.5 Å². The zero-order valence-electron chi connectivity index (χ0n) is 15.5. The summed E-state index contributed by atoms with van der Waals surface area (Å²) in [5.74, 6) is -0.183. The molecule has 4 atom stereocenters. The molecule has 28 heavy (non-hydrogen) atoms. The lowest BCUT2D eigenvalue weighted by Gasteiger charge is -2.29. The molecule has 2 bridgehead atoms. The Labute approximate surface area is 170 Å². The first-order chi connectivity index (χ1) is 13.3. The molecule has 2 fully saturated rings. The average molecular weight is 430 g/mol. The van der Waals surface area contributed by atoms with Crippen molar-refractivity contribution in [3.63, 3.8) is 0 Å². The van der Waals surface area contributed by atoms with Crippen LogP contribution in [0.5, 0.6) is 0 Å². The van der Waals surface area contributed by atoms with Gasteiger partial charge in [0.25, 0.3) is 0 Å². The molecule has 2 aliphatic rings. The fourth-order valence-corrected chi connectivity index (χ4v) is 5.95. The van der Waals surface area contributed by atoms with Crippen molar-refractivity contribution in [3.8, 4) is 0 Å². The highest BCUT2D eigenvalue weighted by atomic mass is 35.5. The lowest BCUT2D eigenvalue weighted by molar-refractivity contribution is -0.137. The van der Waals surface area contributed by atoms with Crippen LogP contribution in [0.15, 0.2) is 35.2 Å². The Hall–Kier alpha value is -1.44. The molecular weight excluding hydrogens is 405 g/mol. The monoisotopic (exact) mass is 429 g/mol. The van der Waals surface area contributed by atoms with E-state index in [4.69, 9.17) is 16.7 Å². The molecule has 2 saturated carbocycles. The summed E-state index contributed by atoms with van der Waals surface area (Å²) in [7, 11) is -3.95. The number of carboxylic acid groups (broad SMARTS) is 1. The molecule has 154 valence electrons. The third kappa shape index (κ3) is 4.93. The molecule has 0 saturated heterocycles. The Kier molecular flexibility index (Phi) is 6.78. The molecular formula is C20H25ClFNO4S. The molecule has 1 aromatic rings. The van der Waals surface area contributed by atoms with E-state index in [1.807, 2.05) is 6.08 Å². The van der Waals surface area contributed by atoms with Crippen LogP contribution in [-0.4, -0.2) is 26.0 Å². The lowest BCUT2D eigenvalue weighted by atomic mass is 9.79. The van der Waals surface area contributed by atoms with Crippen LogP contribution in [0.4, 0.5) is 4.39 Å². The molecule has 0 heterocycles. The Morgan fingerprint density at radius 2 is 2.07 bits per heavy atom. The molecule has 0 spiro atoms. The summed E-state index contributed by atoms with van der Waals surface area (Å²) in [5, 5.41) is 8.85. The number of aliphatic carboxylic acids is 1. The first kappa shape index (κ1) is 21.3. The molecule has 2 N–H and O–H groups in total. The van der Waals surface area contributed by atoms with Gasteiger partial charge in [0.05, 0.1) is 0 Å². The van der Waals surface area contributed by atoms with Crippen molar-refractivity contribution in [3.05, 3.63) is 41.2 Å². The number of allylic oxidation sites excluding steroid dienone is 2. The second kappa shape index (κ2) is 8.93. The van der Waals surface area contributed by atoms with Gasteiger partial charge in [-0.1, -0.05) is 23.8 Å². The number of unbranched alkanes of at least 4 members (excludes halogenated alkanes) is 1. The SMILES string of the molecule is O=C(O)CCC/C=C\C1C2CCC(C2)C1CNS(=O)(=O)c1ccc(Cl)cc1F. The molecule has 0 aliphatic heterocycles. The molecule has 1 aromatic carbocycles. The Bertz CT molecular complexity index is 858. The second-order valence-corrected chi connectivity index (χ2v) is 9.89. The number of hydrogen-bond donors (Lipinski definition) is 2. The molecule has 0 aromatic heterocycles. The van der Waals surface area contributed by atoms with Crippen molar-refractivity contribution in [2.75, 3.05) is 6.54 Å². The maximum Gasteiger partial charge on any atom is 0.303 e. The van der Waals surface area contributed by atoms with Crippen molar-refractivity contribution >= 4 is 27.6 Å². The number of halogens is 2. The van der Waals surface area contributed by atoms with E-state index in [-0.39, 0.29) is 34.7 Å². The summed E-state index contributed by atoms with van der Waals surface area (Å²) in [6, 6.07) is 3.54. The van der Waals surface area contributed by atoms with Crippen molar-refractivity contribution in [1.82, 2.24) is 4.72 Å². The molecule has 8 heteroatoms. The zero-order chi connectivity index (χ0) is 20.3. The summed E-state index contributed by atoms with van der Waals surface area (Å²) in [6.45, 7) is 0.274. The van der Waals surface area contributed by atoms with Gasteiger partial charge in [0.15, 0.2) is 0 Å². The quantitative estimate of drug-likeness (QED) is 0.454. The number of hydrogen-bond acceptors (Lipinski definition) is 3. The summed E-state index contributed by atoms with van der Waals surface area (Å²) in [6.07, 6.45) is 8.93. The van der Waals surface area contributed by atoms with Crippen molar-refractivity contribution in [2.24, 2.45) is 23.7 Å². The van der Waals surface area contributed by atoms with E-state index in [0.29, 0.717) is 24.7 Å². The van der Waals surface area contributed by atoms with Gasteiger partial charge in [0.1, 0.15) is 10.7 Å². The highest BCUT2D eigenvalue weighted by molar-refractivity contribution is 7.89. The maximum atomic E-state index is 14.0. The number of carboxylic acids is 1. The van der Waals surface area contributed by atoms with Gasteiger partial charge in [-0.3, -0.25) is 4.79 Å². The maximum absolute atomic E-state index is 14.0. The number of benzene rings is 1. The van der Waals surface area contributed by atoms with Crippen molar-refractivity contribution in [1.29, 1.82) is 0 Å². The minimum atomic E-state index is -3.95. The van der Waals surface area contributed by atoms with Gasteiger partial charge in [-0.25, -0.2) is 17.5 Å². The first-order valence-corrected chi connectivity index (χ1v) is 11.5. The summed E-state index contributed by atoms with van der Waals surface area (Å²) < 4.78 is 41.7. The summed E-state index contributed by atoms with van der Waals surface area (Å²) in [4.78, 5) is 10.2. The number of nitrogens with one attached hydrogen (secondary N) is 1. The predicted molar refractivity (Wildman–Crippen MR) is 105 cm³/mol. The topological polar surface area (TPSA) is 83.5 Å². The normalized spacial score (nSPS) is 26.9. The van der Waals surface area contributed by atoms with Gasteiger partial charge in [-0.15, -0.1) is 0 Å². The highest BCUT2D eigenvalue weighted by Crippen LogP contribution is 2.52. The van der Waals surface area contributed by atoms with Crippen LogP contribution >= 0.6 is 11.6 Å². The number of fused-ring (bicyclic) bond motifs is 2. The first-order valence-electron chi connectivity index (χ1n) is 9.61. The van der Waals surface area contributed by atoms with Crippen LogP contribution in [0.3, 0.4) is 0 Å². The Morgan fingerprint density at radius 3 is 2.79 bits per heavy atom. The minimum Gasteiger partial charge on any atom is -0.481 e. The van der Waals surface area contributed by atoms with E-state index in [1.165, 1.54) is 12.1 Å². The van der Waals surface area contributed by atoms with Gasteiger partial charge in [-0.05, 0) is 74.0 Å². The summed E-state index contributed by atoms with van der Waals surface area (Å²) >= 11 is 5.70. The average Bonchev–Trinajstić information content (AvgIpc) is 3.20. The zero-order valence-corrected chi connectivity index (χ0v) is 17.1. The largest absolute Gasteiger partial charge is 0.481 e. The lowest BCUT2D eigenvalue weighted by Crippen LogP contribution is -2.35. The van der Waals surface area contributed by atoms with E-state index >= 15 is 0 Å². The number of sulfonamides is 1. The van der Waals surface area contributed by atoms with E-state index in [9.17, 15) is 17.6 Å². The van der Waals surface area contributed by atoms with Crippen molar-refractivity contribution in [2.45, 2.75) is 43.4 Å². The standard InChI is InChI=1S/C20H25ClFNO4S/c21-15-8-9-19(18(22)11-15)28(26,27)23-12-17-14-7-6-13(10-14)16(17)4-2-1-3-5-20(24)25/h2,4,8-9,11,13-14,16-17,23H,1,3,5-7,10,12H2,(H,24,25)/b4-2-. The number of carbonyl (C=O) groups is 1. The molecule has 0 radical (unpaired) electrons. The van der Waals surface area contributed by atoms with Crippen LogP contribution in [0.2, 0.25) is 5.02 Å². The Morgan fingerprint density at radius 1 is 1.32 bits per heavy atom. The predicted octanol–water partition coefficient (Wildman–Crippen LogP) is 4.23.